The molecule has 1 rings (SSSR count). The lowest BCUT2D eigenvalue weighted by Gasteiger charge is -2.16. The lowest BCUT2D eigenvalue weighted by Crippen LogP contribution is -2.33. The first-order valence-corrected chi connectivity index (χ1v) is 6.53. The van der Waals surface area contributed by atoms with Gasteiger partial charge in [0.05, 0.1) is 20.6 Å². The molecule has 0 saturated heterocycles. The zero-order valence-corrected chi connectivity index (χ0v) is 12.4. The fourth-order valence-corrected chi connectivity index (χ4v) is 1.98. The fourth-order valence-electron chi connectivity index (χ4n) is 1.98. The summed E-state index contributed by atoms with van der Waals surface area (Å²) >= 11 is 0. The Morgan fingerprint density at radius 1 is 1.32 bits per heavy atom. The van der Waals surface area contributed by atoms with E-state index in [0.29, 0.717) is 6.42 Å². The van der Waals surface area contributed by atoms with Gasteiger partial charge in [0.15, 0.2) is 0 Å². The Labute approximate surface area is 115 Å². The summed E-state index contributed by atoms with van der Waals surface area (Å²) in [6.07, 6.45) is 1.24. The van der Waals surface area contributed by atoms with Gasteiger partial charge in [0, 0.05) is 17.2 Å². The van der Waals surface area contributed by atoms with Crippen LogP contribution in [0.5, 0.6) is 11.5 Å². The van der Waals surface area contributed by atoms with Crippen LogP contribution in [0, 0.1) is 6.92 Å². The van der Waals surface area contributed by atoms with Gasteiger partial charge in [-0.05, 0) is 26.3 Å². The molecule has 106 valence electrons. The number of hydrogen-bond donors (Lipinski definition) is 1. The number of benzene rings is 1. The Kier molecular flexibility index (Phi) is 5.67. The normalized spacial score (nSPS) is 11.8. The van der Waals surface area contributed by atoms with E-state index in [0.717, 1.165) is 29.0 Å². The summed E-state index contributed by atoms with van der Waals surface area (Å²) in [5.41, 5.74) is 1.79. The molecular weight excluding hydrogens is 242 g/mol. The fraction of sp³-hybridized carbons (Fsp3) is 0.533. The molecule has 0 radical (unpaired) electrons. The van der Waals surface area contributed by atoms with Gasteiger partial charge in [0.25, 0.3) is 0 Å². The van der Waals surface area contributed by atoms with Crippen molar-refractivity contribution >= 4 is 5.91 Å². The molecule has 1 amide bonds. The Balaban J connectivity index is 2.89. The SMILES string of the molecule is CCC(C)NC(=O)Cc1ccc(OC)c(C)c1OC. The highest BCUT2D eigenvalue weighted by Crippen LogP contribution is 2.31. The van der Waals surface area contributed by atoms with Crippen molar-refractivity contribution in [2.45, 2.75) is 39.7 Å². The summed E-state index contributed by atoms with van der Waals surface area (Å²) < 4.78 is 10.6. The van der Waals surface area contributed by atoms with Crippen LogP contribution in [0.4, 0.5) is 0 Å². The molecule has 4 nitrogen and oxygen atoms in total. The highest BCUT2D eigenvalue weighted by molar-refractivity contribution is 5.80. The smallest absolute Gasteiger partial charge is 0.224 e. The van der Waals surface area contributed by atoms with Crippen molar-refractivity contribution in [3.63, 3.8) is 0 Å². The molecule has 0 heterocycles. The monoisotopic (exact) mass is 265 g/mol. The van der Waals surface area contributed by atoms with Crippen LogP contribution in [0.15, 0.2) is 12.1 Å². The number of nitrogens with one attached hydrogen (secondary N) is 1. The summed E-state index contributed by atoms with van der Waals surface area (Å²) in [6.45, 7) is 5.96. The predicted octanol–water partition coefficient (Wildman–Crippen LogP) is 2.47. The van der Waals surface area contributed by atoms with Gasteiger partial charge in [0.2, 0.25) is 5.91 Å². The molecule has 0 aliphatic heterocycles. The molecule has 19 heavy (non-hydrogen) atoms. The molecule has 0 bridgehead atoms. The number of carbonyl (C=O) groups is 1. The molecule has 0 fully saturated rings. The van der Waals surface area contributed by atoms with Crippen molar-refractivity contribution in [1.82, 2.24) is 5.32 Å². The van der Waals surface area contributed by atoms with E-state index in [1.807, 2.05) is 32.9 Å². The van der Waals surface area contributed by atoms with E-state index >= 15 is 0 Å². The largest absolute Gasteiger partial charge is 0.496 e. The van der Waals surface area contributed by atoms with Crippen molar-refractivity contribution < 1.29 is 14.3 Å². The number of methoxy groups -OCH3 is 2. The molecule has 1 unspecified atom stereocenters. The molecule has 0 saturated carbocycles. The lowest BCUT2D eigenvalue weighted by molar-refractivity contribution is -0.121. The average molecular weight is 265 g/mol. The maximum absolute atomic E-state index is 11.9. The first-order valence-electron chi connectivity index (χ1n) is 6.53. The molecule has 4 heteroatoms. The Morgan fingerprint density at radius 2 is 2.00 bits per heavy atom. The third-order valence-electron chi connectivity index (χ3n) is 3.23. The summed E-state index contributed by atoms with van der Waals surface area (Å²) in [5.74, 6) is 1.50. The summed E-state index contributed by atoms with van der Waals surface area (Å²) in [5, 5.41) is 2.95. The van der Waals surface area contributed by atoms with Crippen LogP contribution in [-0.2, 0) is 11.2 Å². The van der Waals surface area contributed by atoms with Gasteiger partial charge in [-0.2, -0.15) is 0 Å². The Bertz CT molecular complexity index is 443. The van der Waals surface area contributed by atoms with Crippen molar-refractivity contribution in [3.05, 3.63) is 23.3 Å². The van der Waals surface area contributed by atoms with Crippen LogP contribution < -0.4 is 14.8 Å². The van der Waals surface area contributed by atoms with Gasteiger partial charge in [-0.1, -0.05) is 13.0 Å². The predicted molar refractivity (Wildman–Crippen MR) is 75.9 cm³/mol. The van der Waals surface area contributed by atoms with Gasteiger partial charge < -0.3 is 14.8 Å². The van der Waals surface area contributed by atoms with Crippen LogP contribution >= 0.6 is 0 Å². The second-order valence-corrected chi connectivity index (χ2v) is 4.64. The first-order chi connectivity index (χ1) is 9.03. The van der Waals surface area contributed by atoms with Gasteiger partial charge >= 0.3 is 0 Å². The Hall–Kier alpha value is -1.71. The number of rotatable bonds is 6. The molecule has 0 aliphatic rings. The second-order valence-electron chi connectivity index (χ2n) is 4.64. The van der Waals surface area contributed by atoms with E-state index in [1.165, 1.54) is 0 Å². The van der Waals surface area contributed by atoms with E-state index < -0.39 is 0 Å². The summed E-state index contributed by atoms with van der Waals surface area (Å²) in [4.78, 5) is 11.9. The maximum atomic E-state index is 11.9. The molecule has 0 spiro atoms. The van der Waals surface area contributed by atoms with E-state index in [9.17, 15) is 4.79 Å². The Morgan fingerprint density at radius 3 is 2.53 bits per heavy atom. The van der Waals surface area contributed by atoms with E-state index in [1.54, 1.807) is 14.2 Å². The molecule has 1 aromatic rings. The molecule has 0 aliphatic carbocycles. The maximum Gasteiger partial charge on any atom is 0.224 e. The van der Waals surface area contributed by atoms with Crippen LogP contribution in [0.1, 0.15) is 31.4 Å². The van der Waals surface area contributed by atoms with Crippen LogP contribution in [-0.4, -0.2) is 26.2 Å². The van der Waals surface area contributed by atoms with E-state index in [2.05, 4.69) is 5.32 Å². The van der Waals surface area contributed by atoms with Gasteiger partial charge in [-0.25, -0.2) is 0 Å². The third kappa shape index (κ3) is 3.88. The minimum absolute atomic E-state index is 0.0113. The number of ether oxygens (including phenoxy) is 2. The standard InChI is InChI=1S/C15H23NO3/c1-6-10(2)16-14(17)9-12-7-8-13(18-4)11(3)15(12)19-5/h7-8,10H,6,9H2,1-5H3,(H,16,17). The highest BCUT2D eigenvalue weighted by Gasteiger charge is 2.14. The van der Waals surface area contributed by atoms with Crippen LogP contribution in [0.2, 0.25) is 0 Å². The topological polar surface area (TPSA) is 47.6 Å². The molecular formula is C15H23NO3. The van der Waals surface area contributed by atoms with E-state index in [4.69, 9.17) is 9.47 Å². The average Bonchev–Trinajstić information content (AvgIpc) is 2.39. The third-order valence-corrected chi connectivity index (χ3v) is 3.23. The van der Waals surface area contributed by atoms with Crippen LogP contribution in [0.25, 0.3) is 0 Å². The molecule has 0 aromatic heterocycles. The summed E-state index contributed by atoms with van der Waals surface area (Å²) in [6, 6.07) is 3.93. The number of amides is 1. The van der Waals surface area contributed by atoms with Crippen LogP contribution in [0.3, 0.4) is 0 Å². The highest BCUT2D eigenvalue weighted by atomic mass is 16.5. The lowest BCUT2D eigenvalue weighted by atomic mass is 10.0. The molecule has 1 N–H and O–H groups in total. The minimum atomic E-state index is 0.0113. The van der Waals surface area contributed by atoms with Crippen molar-refractivity contribution in [2.24, 2.45) is 0 Å². The van der Waals surface area contributed by atoms with Crippen molar-refractivity contribution in [3.8, 4) is 11.5 Å². The zero-order valence-electron chi connectivity index (χ0n) is 12.4. The number of hydrogen-bond acceptors (Lipinski definition) is 3. The zero-order chi connectivity index (χ0) is 14.4. The second kappa shape index (κ2) is 7.02. The van der Waals surface area contributed by atoms with Gasteiger partial charge in [-0.3, -0.25) is 4.79 Å². The van der Waals surface area contributed by atoms with Crippen molar-refractivity contribution in [1.29, 1.82) is 0 Å². The summed E-state index contributed by atoms with van der Waals surface area (Å²) in [7, 11) is 3.23. The molecule has 1 atom stereocenters. The van der Waals surface area contributed by atoms with Gasteiger partial charge in [0.1, 0.15) is 11.5 Å². The number of carbonyl (C=O) groups excluding carboxylic acids is 1. The first kappa shape index (κ1) is 15.3. The quantitative estimate of drug-likeness (QED) is 0.859. The van der Waals surface area contributed by atoms with E-state index in [-0.39, 0.29) is 11.9 Å². The minimum Gasteiger partial charge on any atom is -0.496 e. The van der Waals surface area contributed by atoms with Gasteiger partial charge in [-0.15, -0.1) is 0 Å². The molecule has 1 aromatic carbocycles. The van der Waals surface area contributed by atoms with Crippen molar-refractivity contribution in [2.75, 3.05) is 14.2 Å².